The second-order valence-corrected chi connectivity index (χ2v) is 4.21. The molecule has 0 heterocycles. The first-order valence-electron chi connectivity index (χ1n) is 5.22. The first kappa shape index (κ1) is 11.4. The van der Waals surface area contributed by atoms with Gasteiger partial charge in [-0.25, -0.2) is 0 Å². The largest absolute Gasteiger partial charge is 0.372 e. The zero-order chi connectivity index (χ0) is 10.6. The fourth-order valence-corrected chi connectivity index (χ4v) is 1.72. The summed E-state index contributed by atoms with van der Waals surface area (Å²) in [6, 6.07) is 8.67. The van der Waals surface area contributed by atoms with Crippen molar-refractivity contribution < 1.29 is 0 Å². The highest BCUT2D eigenvalue weighted by Gasteiger charge is 2.02. The Balaban J connectivity index is 2.81. The van der Waals surface area contributed by atoms with Gasteiger partial charge in [-0.15, -0.1) is 0 Å². The summed E-state index contributed by atoms with van der Waals surface area (Å²) in [5.74, 6) is 0. The van der Waals surface area contributed by atoms with Crippen LogP contribution in [0.5, 0.6) is 0 Å². The number of hydrogen-bond donors (Lipinski definition) is 1. The number of nitrogens with zero attached hydrogens (tertiary/aromatic N) is 1. The number of anilines is 1. The van der Waals surface area contributed by atoms with Gasteiger partial charge in [-0.1, -0.05) is 12.1 Å². The van der Waals surface area contributed by atoms with Crippen LogP contribution in [0.25, 0.3) is 0 Å². The Kier molecular flexibility index (Phi) is 4.33. The molecule has 0 spiro atoms. The van der Waals surface area contributed by atoms with Crippen LogP contribution in [0.3, 0.4) is 0 Å². The van der Waals surface area contributed by atoms with Crippen LogP contribution >= 0.6 is 12.6 Å². The average Bonchev–Trinajstić information content (AvgIpc) is 2.20. The maximum Gasteiger partial charge on any atom is 0.0366 e. The van der Waals surface area contributed by atoms with E-state index in [0.717, 1.165) is 13.1 Å². The molecule has 0 N–H and O–H groups in total. The highest BCUT2D eigenvalue weighted by molar-refractivity contribution is 7.80. The van der Waals surface area contributed by atoms with Crippen molar-refractivity contribution in [3.8, 4) is 0 Å². The first-order valence-corrected chi connectivity index (χ1v) is 5.73. The van der Waals surface area contributed by atoms with E-state index >= 15 is 0 Å². The zero-order valence-electron chi connectivity index (χ0n) is 9.20. The van der Waals surface area contributed by atoms with Gasteiger partial charge in [0.05, 0.1) is 0 Å². The molecule has 1 rings (SSSR count). The monoisotopic (exact) mass is 209 g/mol. The molecule has 0 saturated carbocycles. The van der Waals surface area contributed by atoms with E-state index in [-0.39, 0.29) is 0 Å². The molecule has 2 heteroatoms. The molecule has 0 aliphatic heterocycles. The lowest BCUT2D eigenvalue weighted by Gasteiger charge is -2.21. The van der Waals surface area contributed by atoms with Gasteiger partial charge >= 0.3 is 0 Å². The predicted octanol–water partition coefficient (Wildman–Crippen LogP) is 3.52. The van der Waals surface area contributed by atoms with Crippen molar-refractivity contribution in [3.63, 3.8) is 0 Å². The molecule has 0 radical (unpaired) electrons. The van der Waals surface area contributed by atoms with Gasteiger partial charge in [0.15, 0.2) is 0 Å². The predicted molar refractivity (Wildman–Crippen MR) is 67.4 cm³/mol. The molecule has 0 saturated heterocycles. The first-order chi connectivity index (χ1) is 6.69. The van der Waals surface area contributed by atoms with Gasteiger partial charge in [0.2, 0.25) is 0 Å². The Morgan fingerprint density at radius 1 is 1.14 bits per heavy atom. The van der Waals surface area contributed by atoms with Crippen molar-refractivity contribution in [2.24, 2.45) is 0 Å². The van der Waals surface area contributed by atoms with Gasteiger partial charge in [-0.2, -0.15) is 12.6 Å². The smallest absolute Gasteiger partial charge is 0.0366 e. The summed E-state index contributed by atoms with van der Waals surface area (Å²) >= 11 is 4.41. The highest BCUT2D eigenvalue weighted by atomic mass is 32.1. The molecule has 0 aliphatic rings. The molecule has 0 amide bonds. The summed E-state index contributed by atoms with van der Waals surface area (Å²) < 4.78 is 0. The molecular formula is C12H19NS. The van der Waals surface area contributed by atoms with E-state index in [9.17, 15) is 0 Å². The van der Waals surface area contributed by atoms with Gasteiger partial charge in [0.1, 0.15) is 0 Å². The topological polar surface area (TPSA) is 3.24 Å². The van der Waals surface area contributed by atoms with Crippen molar-refractivity contribution >= 4 is 18.3 Å². The zero-order valence-corrected chi connectivity index (χ0v) is 10.1. The molecular weight excluding hydrogens is 190 g/mol. The van der Waals surface area contributed by atoms with Gasteiger partial charge in [0, 0.05) is 24.0 Å². The fourth-order valence-electron chi connectivity index (χ4n) is 1.55. The summed E-state index contributed by atoms with van der Waals surface area (Å²) in [5, 5.41) is 0.320. The second-order valence-electron chi connectivity index (χ2n) is 3.44. The third-order valence-corrected chi connectivity index (χ3v) is 2.80. The second kappa shape index (κ2) is 5.30. The van der Waals surface area contributed by atoms with Gasteiger partial charge in [-0.3, -0.25) is 0 Å². The van der Waals surface area contributed by atoms with E-state index in [4.69, 9.17) is 0 Å². The number of thiol groups is 1. The van der Waals surface area contributed by atoms with Crippen molar-refractivity contribution in [1.82, 2.24) is 0 Å². The summed E-state index contributed by atoms with van der Waals surface area (Å²) in [6.07, 6.45) is 0. The minimum Gasteiger partial charge on any atom is -0.372 e. The molecule has 0 bridgehead atoms. The molecule has 1 aromatic rings. The minimum atomic E-state index is 0.320. The summed E-state index contributed by atoms with van der Waals surface area (Å²) in [5.41, 5.74) is 2.58. The SMILES string of the molecule is CCN(CC)c1ccc(C(C)S)cc1. The Labute approximate surface area is 92.5 Å². The fraction of sp³-hybridized carbons (Fsp3) is 0.500. The third kappa shape index (κ3) is 2.68. The minimum absolute atomic E-state index is 0.320. The molecule has 14 heavy (non-hydrogen) atoms. The number of benzene rings is 1. The Morgan fingerprint density at radius 3 is 2.00 bits per heavy atom. The van der Waals surface area contributed by atoms with E-state index in [1.807, 2.05) is 0 Å². The normalized spacial score (nSPS) is 12.6. The van der Waals surface area contributed by atoms with Gasteiger partial charge in [-0.05, 0) is 38.5 Å². The van der Waals surface area contributed by atoms with E-state index in [1.165, 1.54) is 11.3 Å². The third-order valence-electron chi connectivity index (χ3n) is 2.50. The lowest BCUT2D eigenvalue weighted by molar-refractivity contribution is 0.865. The van der Waals surface area contributed by atoms with E-state index < -0.39 is 0 Å². The maximum absolute atomic E-state index is 4.41. The Hall–Kier alpha value is -0.630. The van der Waals surface area contributed by atoms with Crippen molar-refractivity contribution in [1.29, 1.82) is 0 Å². The summed E-state index contributed by atoms with van der Waals surface area (Å²) in [6.45, 7) is 8.57. The molecule has 0 fully saturated rings. The van der Waals surface area contributed by atoms with Crippen LogP contribution < -0.4 is 4.90 Å². The molecule has 1 unspecified atom stereocenters. The lowest BCUT2D eigenvalue weighted by atomic mass is 10.1. The summed E-state index contributed by atoms with van der Waals surface area (Å²) in [7, 11) is 0. The summed E-state index contributed by atoms with van der Waals surface area (Å²) in [4.78, 5) is 2.34. The van der Waals surface area contributed by atoms with Gasteiger partial charge in [0.25, 0.3) is 0 Å². The Morgan fingerprint density at radius 2 is 1.64 bits per heavy atom. The quantitative estimate of drug-likeness (QED) is 0.743. The molecule has 0 aliphatic carbocycles. The molecule has 1 nitrogen and oxygen atoms in total. The molecule has 1 aromatic carbocycles. The molecule has 1 atom stereocenters. The van der Waals surface area contributed by atoms with Gasteiger partial charge < -0.3 is 4.90 Å². The van der Waals surface area contributed by atoms with Crippen LogP contribution in [0, 0.1) is 0 Å². The van der Waals surface area contributed by atoms with Crippen LogP contribution in [0.1, 0.15) is 31.6 Å². The average molecular weight is 209 g/mol. The van der Waals surface area contributed by atoms with Crippen molar-refractivity contribution in [3.05, 3.63) is 29.8 Å². The van der Waals surface area contributed by atoms with Crippen LogP contribution in [0.2, 0.25) is 0 Å². The number of rotatable bonds is 4. The number of hydrogen-bond acceptors (Lipinski definition) is 2. The van der Waals surface area contributed by atoms with Crippen LogP contribution in [0.4, 0.5) is 5.69 Å². The maximum atomic E-state index is 4.41. The van der Waals surface area contributed by atoms with E-state index in [2.05, 4.69) is 62.6 Å². The van der Waals surface area contributed by atoms with Crippen LogP contribution in [-0.4, -0.2) is 13.1 Å². The standard InChI is InChI=1S/C12H19NS/c1-4-13(5-2)12-8-6-11(7-9-12)10(3)14/h6-10,14H,4-5H2,1-3H3. The van der Waals surface area contributed by atoms with Crippen molar-refractivity contribution in [2.45, 2.75) is 26.0 Å². The van der Waals surface area contributed by atoms with E-state index in [1.54, 1.807) is 0 Å². The highest BCUT2D eigenvalue weighted by Crippen LogP contribution is 2.22. The van der Waals surface area contributed by atoms with Crippen molar-refractivity contribution in [2.75, 3.05) is 18.0 Å². The van der Waals surface area contributed by atoms with Crippen LogP contribution in [-0.2, 0) is 0 Å². The lowest BCUT2D eigenvalue weighted by Crippen LogP contribution is -2.21. The van der Waals surface area contributed by atoms with Crippen LogP contribution in [0.15, 0.2) is 24.3 Å². The molecule has 0 aromatic heterocycles. The Bertz CT molecular complexity index is 262. The molecule has 78 valence electrons. The van der Waals surface area contributed by atoms with E-state index in [0.29, 0.717) is 5.25 Å².